The van der Waals surface area contributed by atoms with E-state index in [0.29, 0.717) is 0 Å². The van der Waals surface area contributed by atoms with Crippen LogP contribution in [-0.2, 0) is 0 Å². The van der Waals surface area contributed by atoms with Gasteiger partial charge in [0.1, 0.15) is 5.75 Å². The van der Waals surface area contributed by atoms with Gasteiger partial charge in [0.15, 0.2) is 0 Å². The highest BCUT2D eigenvalue weighted by Gasteiger charge is 2.09. The molecule has 2 aromatic carbocycles. The van der Waals surface area contributed by atoms with Gasteiger partial charge in [-0.05, 0) is 80.5 Å². The van der Waals surface area contributed by atoms with E-state index in [9.17, 15) is 0 Å². The first-order chi connectivity index (χ1) is 17.2. The number of benzene rings is 2. The third-order valence-corrected chi connectivity index (χ3v) is 6.65. The van der Waals surface area contributed by atoms with Crippen LogP contribution in [0.2, 0.25) is 0 Å². The molecule has 0 bridgehead atoms. The maximum absolute atomic E-state index is 5.33. The number of aliphatic imine (C=N–C) groups is 1. The molecule has 200 valence electrons. The third-order valence-electron chi connectivity index (χ3n) is 6.65. The van der Waals surface area contributed by atoms with Crippen LogP contribution in [-0.4, -0.2) is 12.8 Å². The van der Waals surface area contributed by atoms with E-state index in [2.05, 4.69) is 79.3 Å². The van der Waals surface area contributed by atoms with Crippen LogP contribution in [0, 0.1) is 19.8 Å². The molecule has 2 aromatic rings. The van der Waals surface area contributed by atoms with Crippen LogP contribution in [0.15, 0.2) is 59.6 Å². The summed E-state index contributed by atoms with van der Waals surface area (Å²) in [5, 5.41) is 0. The van der Waals surface area contributed by atoms with Gasteiger partial charge in [-0.25, -0.2) is 0 Å². The fraction of sp³-hybridized carbons (Fsp3) is 0.500. The fourth-order valence-electron chi connectivity index (χ4n) is 4.33. The van der Waals surface area contributed by atoms with Gasteiger partial charge in [0, 0.05) is 11.3 Å². The Labute approximate surface area is 223 Å². The Morgan fingerprint density at radius 3 is 1.89 bits per heavy atom. The molecule has 0 saturated heterocycles. The second kappa shape index (κ2) is 18.6. The number of ether oxygens (including phenoxy) is 1. The number of hydrogen-bond donors (Lipinski definition) is 0. The van der Waals surface area contributed by atoms with Crippen LogP contribution >= 0.6 is 0 Å². The van der Waals surface area contributed by atoms with E-state index in [1.165, 1.54) is 48.8 Å². The Bertz CT molecular complexity index is 954. The van der Waals surface area contributed by atoms with Gasteiger partial charge in [0.05, 0.1) is 12.8 Å². The average molecular weight is 492 g/mol. The summed E-state index contributed by atoms with van der Waals surface area (Å²) in [6, 6.07) is 14.4. The van der Waals surface area contributed by atoms with E-state index in [1.54, 1.807) is 7.11 Å². The first-order valence-corrected chi connectivity index (χ1v) is 13.8. The summed E-state index contributed by atoms with van der Waals surface area (Å²) in [7, 11) is 1.69. The molecule has 0 N–H and O–H groups in total. The van der Waals surface area contributed by atoms with Crippen molar-refractivity contribution in [2.24, 2.45) is 10.9 Å². The number of methoxy groups -OCH3 is 1. The van der Waals surface area contributed by atoms with E-state index in [0.717, 1.165) is 39.8 Å². The van der Waals surface area contributed by atoms with Crippen molar-refractivity contribution in [3.8, 4) is 5.75 Å². The maximum Gasteiger partial charge on any atom is 0.119 e. The van der Waals surface area contributed by atoms with E-state index >= 15 is 0 Å². The van der Waals surface area contributed by atoms with Gasteiger partial charge in [-0.2, -0.15) is 0 Å². The lowest BCUT2D eigenvalue weighted by molar-refractivity contribution is 0.414. The minimum Gasteiger partial charge on any atom is -0.497 e. The molecule has 0 atom stereocenters. The molecule has 2 heteroatoms. The lowest BCUT2D eigenvalue weighted by Crippen LogP contribution is -1.99. The summed E-state index contributed by atoms with van der Waals surface area (Å²) in [6.07, 6.45) is 6.97. The molecule has 0 fully saturated rings. The summed E-state index contributed by atoms with van der Waals surface area (Å²) in [5.41, 5.74) is 8.81. The monoisotopic (exact) mass is 491 g/mol. The molecule has 0 radical (unpaired) electrons. The molecule has 0 aliphatic heterocycles. The normalized spacial score (nSPS) is 11.6. The molecule has 0 aliphatic carbocycles. The van der Waals surface area contributed by atoms with Crippen molar-refractivity contribution >= 4 is 17.0 Å². The van der Waals surface area contributed by atoms with Crippen molar-refractivity contribution in [3.63, 3.8) is 0 Å². The molecule has 0 amide bonds. The lowest BCUT2D eigenvalue weighted by atomic mass is 9.96. The van der Waals surface area contributed by atoms with Crippen LogP contribution in [0.3, 0.4) is 0 Å². The lowest BCUT2D eigenvalue weighted by Gasteiger charge is -2.12. The average Bonchev–Trinajstić information content (AvgIpc) is 2.89. The van der Waals surface area contributed by atoms with Gasteiger partial charge in [0.25, 0.3) is 0 Å². The zero-order chi connectivity index (χ0) is 27.7. The van der Waals surface area contributed by atoms with Crippen molar-refractivity contribution in [2.75, 3.05) is 7.11 Å². The van der Waals surface area contributed by atoms with Gasteiger partial charge in [0.2, 0.25) is 0 Å². The zero-order valence-corrected chi connectivity index (χ0v) is 25.2. The van der Waals surface area contributed by atoms with Crippen LogP contribution in [0.5, 0.6) is 5.75 Å². The van der Waals surface area contributed by atoms with Gasteiger partial charge >= 0.3 is 0 Å². The van der Waals surface area contributed by atoms with Gasteiger partial charge in [-0.1, -0.05) is 104 Å². The van der Waals surface area contributed by atoms with Crippen LogP contribution in [0.4, 0.5) is 0 Å². The van der Waals surface area contributed by atoms with Crippen molar-refractivity contribution in [3.05, 3.63) is 76.9 Å². The molecular weight excluding hydrogens is 438 g/mol. The molecule has 0 aromatic heterocycles. The van der Waals surface area contributed by atoms with Crippen LogP contribution in [0.25, 0.3) is 11.3 Å². The first kappa shape index (κ1) is 33.4. The zero-order valence-electron chi connectivity index (χ0n) is 25.2. The minimum atomic E-state index is 0.811. The molecule has 0 saturated carbocycles. The van der Waals surface area contributed by atoms with E-state index in [4.69, 9.17) is 9.73 Å². The smallest absolute Gasteiger partial charge is 0.119 e. The van der Waals surface area contributed by atoms with Gasteiger partial charge < -0.3 is 4.74 Å². The standard InChI is InChI=1S/C23H27NO.C9H20.C2H6/c1-15-10-8-11-16(2)23(15)20(6)24-19(5)17(3)18(4)21-12-9-13-22(14-21)25-7;1-4-7-9(6-3)8-5-2;1-2/h8-14H,6H2,1-5,7H3;9H,4-8H2,1-3H3;1-2H3/b18-17+,24-19?;;. The first-order valence-electron chi connectivity index (χ1n) is 13.8. The molecule has 2 rings (SSSR count). The molecule has 0 aliphatic rings. The number of aryl methyl sites for hydroxylation is 2. The second-order valence-corrected chi connectivity index (χ2v) is 9.24. The van der Waals surface area contributed by atoms with Crippen molar-refractivity contribution in [1.29, 1.82) is 0 Å². The highest BCUT2D eigenvalue weighted by Crippen LogP contribution is 2.26. The van der Waals surface area contributed by atoms with E-state index in [-0.39, 0.29) is 0 Å². The van der Waals surface area contributed by atoms with Gasteiger partial charge in [-0.3, -0.25) is 4.99 Å². The van der Waals surface area contributed by atoms with Crippen LogP contribution in [0.1, 0.15) is 110 Å². The largest absolute Gasteiger partial charge is 0.497 e. The van der Waals surface area contributed by atoms with Crippen molar-refractivity contribution in [2.45, 2.75) is 101 Å². The summed E-state index contributed by atoms with van der Waals surface area (Å²) >= 11 is 0. The van der Waals surface area contributed by atoms with E-state index in [1.807, 2.05) is 39.0 Å². The summed E-state index contributed by atoms with van der Waals surface area (Å²) in [5.74, 6) is 1.87. The molecule has 0 spiro atoms. The van der Waals surface area contributed by atoms with E-state index < -0.39 is 0 Å². The Morgan fingerprint density at radius 1 is 0.889 bits per heavy atom. The third kappa shape index (κ3) is 11.0. The molecule has 0 heterocycles. The highest BCUT2D eigenvalue weighted by molar-refractivity contribution is 6.06. The Hall–Kier alpha value is -2.61. The number of rotatable bonds is 10. The number of hydrogen-bond acceptors (Lipinski definition) is 2. The van der Waals surface area contributed by atoms with Crippen LogP contribution < -0.4 is 4.74 Å². The Balaban J connectivity index is 0.000000941. The van der Waals surface area contributed by atoms with Crippen molar-refractivity contribution in [1.82, 2.24) is 0 Å². The molecule has 36 heavy (non-hydrogen) atoms. The summed E-state index contributed by atoms with van der Waals surface area (Å²) in [6.45, 7) is 25.5. The highest BCUT2D eigenvalue weighted by atomic mass is 16.5. The summed E-state index contributed by atoms with van der Waals surface area (Å²) in [4.78, 5) is 4.79. The number of nitrogens with zero attached hydrogens (tertiary/aromatic N) is 1. The maximum atomic E-state index is 5.33. The minimum absolute atomic E-state index is 0.811. The molecule has 0 unspecified atom stereocenters. The Morgan fingerprint density at radius 2 is 1.42 bits per heavy atom. The fourth-order valence-corrected chi connectivity index (χ4v) is 4.33. The number of allylic oxidation sites excluding steroid dienone is 2. The second-order valence-electron chi connectivity index (χ2n) is 9.24. The quantitative estimate of drug-likeness (QED) is 0.303. The topological polar surface area (TPSA) is 21.6 Å². The predicted molar refractivity (Wildman–Crippen MR) is 164 cm³/mol. The van der Waals surface area contributed by atoms with Gasteiger partial charge in [-0.15, -0.1) is 0 Å². The molecule has 2 nitrogen and oxygen atoms in total. The predicted octanol–water partition coefficient (Wildman–Crippen LogP) is 10.9. The summed E-state index contributed by atoms with van der Waals surface area (Å²) < 4.78 is 5.33. The molecular formula is C34H53NO. The SMILES string of the molecule is C=C(N=C(C)/C(C)=C(\C)c1cccc(OC)c1)c1c(C)cccc1C.CC.CCCC(CC)CCC. The van der Waals surface area contributed by atoms with Crippen molar-refractivity contribution < 1.29 is 4.74 Å². The Kier molecular flexibility index (Phi) is 17.3.